The summed E-state index contributed by atoms with van der Waals surface area (Å²) >= 11 is 1.03. The van der Waals surface area contributed by atoms with Crippen molar-refractivity contribution in [2.45, 2.75) is 6.04 Å². The number of ether oxygens (including phenoxy) is 2. The van der Waals surface area contributed by atoms with Crippen molar-refractivity contribution in [3.63, 3.8) is 0 Å². The van der Waals surface area contributed by atoms with E-state index in [1.54, 1.807) is 18.2 Å². The van der Waals surface area contributed by atoms with Gasteiger partial charge < -0.3 is 14.6 Å². The Morgan fingerprint density at radius 2 is 1.64 bits per heavy atom. The van der Waals surface area contributed by atoms with Crippen LogP contribution in [-0.2, 0) is 9.59 Å². The number of Topliss-reactive ketones (excluding diaryl/α,β-unsaturated/α-hetero) is 1. The topological polar surface area (TPSA) is 89.0 Å². The van der Waals surface area contributed by atoms with Gasteiger partial charge in [0.2, 0.25) is 0 Å². The molecule has 0 unspecified atom stereocenters. The molecule has 0 radical (unpaired) electrons. The van der Waals surface area contributed by atoms with Crippen molar-refractivity contribution in [3.8, 4) is 11.5 Å². The second-order valence-electron chi connectivity index (χ2n) is 7.90. The molecule has 1 aliphatic heterocycles. The average molecular weight is 509 g/mol. The van der Waals surface area contributed by atoms with Gasteiger partial charge in [-0.2, -0.15) is 0 Å². The number of amides is 1. The number of aliphatic hydroxyl groups excluding tert-OH is 1. The van der Waals surface area contributed by atoms with Gasteiger partial charge in [0, 0.05) is 5.56 Å². The molecular formula is C26H18F2N2O5S. The Bertz CT molecular complexity index is 1550. The van der Waals surface area contributed by atoms with E-state index in [4.69, 9.17) is 9.47 Å². The summed E-state index contributed by atoms with van der Waals surface area (Å²) in [6, 6.07) is 12.7. The molecule has 182 valence electrons. The number of rotatable bonds is 5. The van der Waals surface area contributed by atoms with Gasteiger partial charge in [0.15, 0.2) is 16.6 Å². The van der Waals surface area contributed by atoms with Crippen LogP contribution in [0.5, 0.6) is 11.5 Å². The molecule has 0 aliphatic carbocycles. The number of fused-ring (bicyclic) bond motifs is 1. The Kier molecular flexibility index (Phi) is 5.89. The number of nitrogens with zero attached hydrogens (tertiary/aromatic N) is 2. The van der Waals surface area contributed by atoms with Crippen LogP contribution in [0.3, 0.4) is 0 Å². The minimum atomic E-state index is -1.10. The molecule has 1 aromatic heterocycles. The lowest BCUT2D eigenvalue weighted by Gasteiger charge is -2.23. The number of thiazole rings is 1. The maximum absolute atomic E-state index is 13.8. The number of aliphatic hydroxyl groups is 1. The van der Waals surface area contributed by atoms with Crippen LogP contribution in [-0.4, -0.2) is 36.0 Å². The van der Waals surface area contributed by atoms with Crippen LogP contribution in [0.1, 0.15) is 17.2 Å². The number of hydrogen-bond acceptors (Lipinski definition) is 7. The fraction of sp³-hybridized carbons (Fsp3) is 0.115. The van der Waals surface area contributed by atoms with Crippen molar-refractivity contribution in [2.75, 3.05) is 19.1 Å². The minimum Gasteiger partial charge on any atom is -0.507 e. The summed E-state index contributed by atoms with van der Waals surface area (Å²) in [5, 5.41) is 11.3. The molecule has 36 heavy (non-hydrogen) atoms. The molecular weight excluding hydrogens is 490 g/mol. The zero-order valence-corrected chi connectivity index (χ0v) is 19.8. The highest BCUT2D eigenvalue weighted by Gasteiger charge is 2.48. The molecule has 1 amide bonds. The van der Waals surface area contributed by atoms with Gasteiger partial charge in [-0.05, 0) is 60.2 Å². The van der Waals surface area contributed by atoms with Gasteiger partial charge in [0.05, 0.1) is 36.1 Å². The van der Waals surface area contributed by atoms with Crippen LogP contribution in [0, 0.1) is 11.6 Å². The van der Waals surface area contributed by atoms with Crippen LogP contribution < -0.4 is 14.4 Å². The number of aromatic nitrogens is 1. The monoisotopic (exact) mass is 508 g/mol. The predicted molar refractivity (Wildman–Crippen MR) is 130 cm³/mol. The number of ketones is 1. The van der Waals surface area contributed by atoms with E-state index in [0.717, 1.165) is 23.5 Å². The standard InChI is InChI=1S/C26H18F2N2O5S/c1-34-18-10-5-14(11-19(18)35-2)22-21(23(31)13-3-6-15(27)7-4-13)24(32)25(33)30(22)26-29-17-9-8-16(28)12-20(17)36-26/h3-12,22,31H,1-2H3/b23-21+/t22-/m0/s1. The number of methoxy groups -OCH3 is 2. The lowest BCUT2D eigenvalue weighted by Crippen LogP contribution is -2.29. The van der Waals surface area contributed by atoms with Gasteiger partial charge in [0.1, 0.15) is 17.4 Å². The first-order chi connectivity index (χ1) is 17.3. The van der Waals surface area contributed by atoms with E-state index in [2.05, 4.69) is 4.98 Å². The van der Waals surface area contributed by atoms with E-state index in [9.17, 15) is 23.5 Å². The normalized spacial score (nSPS) is 17.1. The molecule has 1 N–H and O–H groups in total. The first-order valence-corrected chi connectivity index (χ1v) is 11.5. The second kappa shape index (κ2) is 9.04. The van der Waals surface area contributed by atoms with Crippen molar-refractivity contribution in [3.05, 3.63) is 89.0 Å². The average Bonchev–Trinajstić information content (AvgIpc) is 3.41. The zero-order valence-electron chi connectivity index (χ0n) is 19.0. The molecule has 10 heteroatoms. The molecule has 0 bridgehead atoms. The number of benzene rings is 3. The summed E-state index contributed by atoms with van der Waals surface area (Å²) < 4.78 is 38.5. The lowest BCUT2D eigenvalue weighted by atomic mass is 9.95. The Labute approximate surface area is 207 Å². The zero-order chi connectivity index (χ0) is 25.6. The van der Waals surface area contributed by atoms with Crippen molar-refractivity contribution in [1.82, 2.24) is 4.98 Å². The fourth-order valence-corrected chi connectivity index (χ4v) is 5.14. The fourth-order valence-electron chi connectivity index (χ4n) is 4.12. The summed E-state index contributed by atoms with van der Waals surface area (Å²) in [7, 11) is 2.91. The van der Waals surface area contributed by atoms with E-state index in [1.165, 1.54) is 49.5 Å². The maximum Gasteiger partial charge on any atom is 0.301 e. The summed E-state index contributed by atoms with van der Waals surface area (Å²) in [6.45, 7) is 0. The van der Waals surface area contributed by atoms with Crippen LogP contribution in [0.2, 0.25) is 0 Å². The third kappa shape index (κ3) is 3.85. The van der Waals surface area contributed by atoms with Gasteiger partial charge in [-0.3, -0.25) is 14.5 Å². The van der Waals surface area contributed by atoms with E-state index in [1.807, 2.05) is 0 Å². The highest BCUT2D eigenvalue weighted by atomic mass is 32.1. The summed E-state index contributed by atoms with van der Waals surface area (Å²) in [4.78, 5) is 32.2. The number of halogens is 2. The van der Waals surface area contributed by atoms with Crippen molar-refractivity contribution in [1.29, 1.82) is 0 Å². The van der Waals surface area contributed by atoms with Crippen LogP contribution in [0.15, 0.2) is 66.2 Å². The summed E-state index contributed by atoms with van der Waals surface area (Å²) in [5.74, 6) is -2.55. The quantitative estimate of drug-likeness (QED) is 0.226. The molecule has 0 saturated carbocycles. The molecule has 1 fully saturated rings. The Morgan fingerprint density at radius 1 is 0.944 bits per heavy atom. The van der Waals surface area contributed by atoms with Crippen LogP contribution in [0.4, 0.5) is 13.9 Å². The molecule has 3 aromatic carbocycles. The van der Waals surface area contributed by atoms with Crippen LogP contribution in [0.25, 0.3) is 16.0 Å². The van der Waals surface area contributed by atoms with Crippen molar-refractivity contribution in [2.24, 2.45) is 0 Å². The molecule has 4 aromatic rings. The Hall–Kier alpha value is -4.31. The molecule has 1 saturated heterocycles. The number of carbonyl (C=O) groups excluding carboxylic acids is 2. The first-order valence-electron chi connectivity index (χ1n) is 10.7. The lowest BCUT2D eigenvalue weighted by molar-refractivity contribution is -0.132. The van der Waals surface area contributed by atoms with E-state index >= 15 is 0 Å². The van der Waals surface area contributed by atoms with Crippen molar-refractivity contribution >= 4 is 44.1 Å². The van der Waals surface area contributed by atoms with Gasteiger partial charge in [-0.25, -0.2) is 13.8 Å². The van der Waals surface area contributed by atoms with Gasteiger partial charge in [-0.15, -0.1) is 0 Å². The van der Waals surface area contributed by atoms with E-state index in [0.29, 0.717) is 27.3 Å². The molecule has 7 nitrogen and oxygen atoms in total. The van der Waals surface area contributed by atoms with Crippen molar-refractivity contribution < 1.29 is 33.0 Å². The third-order valence-corrected chi connectivity index (χ3v) is 6.85. The first kappa shape index (κ1) is 23.4. The molecule has 2 heterocycles. The summed E-state index contributed by atoms with van der Waals surface area (Å²) in [5.41, 5.74) is 0.833. The number of anilines is 1. The van der Waals surface area contributed by atoms with E-state index < -0.39 is 35.1 Å². The number of hydrogen-bond donors (Lipinski definition) is 1. The predicted octanol–water partition coefficient (Wildman–Crippen LogP) is 5.22. The molecule has 5 rings (SSSR count). The minimum absolute atomic E-state index is 0.149. The molecule has 1 atom stereocenters. The Morgan fingerprint density at radius 3 is 2.33 bits per heavy atom. The SMILES string of the molecule is COc1ccc([C@H]2/C(=C(\O)c3ccc(F)cc3)C(=O)C(=O)N2c2nc3ccc(F)cc3s2)cc1OC. The Balaban J connectivity index is 1.75. The van der Waals surface area contributed by atoms with Gasteiger partial charge in [-0.1, -0.05) is 17.4 Å². The summed E-state index contributed by atoms with van der Waals surface area (Å²) in [6.07, 6.45) is 0. The number of carbonyl (C=O) groups is 2. The highest BCUT2D eigenvalue weighted by molar-refractivity contribution is 7.22. The molecule has 0 spiro atoms. The van der Waals surface area contributed by atoms with Crippen LogP contribution >= 0.6 is 11.3 Å². The molecule has 1 aliphatic rings. The van der Waals surface area contributed by atoms with Gasteiger partial charge in [0.25, 0.3) is 5.78 Å². The third-order valence-electron chi connectivity index (χ3n) is 5.83. The maximum atomic E-state index is 13.8. The smallest absolute Gasteiger partial charge is 0.301 e. The largest absolute Gasteiger partial charge is 0.507 e. The highest BCUT2D eigenvalue weighted by Crippen LogP contribution is 2.45. The van der Waals surface area contributed by atoms with E-state index in [-0.39, 0.29) is 16.3 Å². The second-order valence-corrected chi connectivity index (χ2v) is 8.91. The van der Waals surface area contributed by atoms with Gasteiger partial charge >= 0.3 is 5.91 Å².